The second kappa shape index (κ2) is 12.2. The largest absolute Gasteiger partial charge is 0.480 e. The first kappa shape index (κ1) is 22.8. The van der Waals surface area contributed by atoms with Crippen LogP contribution in [0.3, 0.4) is 0 Å². The first-order valence-electron chi connectivity index (χ1n) is 7.91. The van der Waals surface area contributed by atoms with Crippen LogP contribution in [0.4, 0.5) is 0 Å². The molecule has 11 nitrogen and oxygen atoms in total. The molecule has 3 atom stereocenters. The minimum absolute atomic E-state index is 0.207. The van der Waals surface area contributed by atoms with Crippen molar-refractivity contribution in [3.8, 4) is 0 Å². The second-order valence-corrected chi connectivity index (χ2v) is 5.54. The fraction of sp³-hybridized carbons (Fsp3) is 0.714. The van der Waals surface area contributed by atoms with Gasteiger partial charge in [0.1, 0.15) is 12.1 Å². The number of aliphatic hydroxyl groups excluding tert-OH is 1. The van der Waals surface area contributed by atoms with E-state index in [4.69, 9.17) is 22.3 Å². The average Bonchev–Trinajstić information content (AvgIpc) is 2.55. The fourth-order valence-electron chi connectivity index (χ4n) is 1.93. The van der Waals surface area contributed by atoms with Gasteiger partial charge in [0.25, 0.3) is 0 Å². The summed E-state index contributed by atoms with van der Waals surface area (Å²) < 4.78 is 0. The number of amides is 3. The third kappa shape index (κ3) is 9.59. The maximum atomic E-state index is 12.0. The van der Waals surface area contributed by atoms with Gasteiger partial charge >= 0.3 is 5.97 Å². The number of aliphatic carboxylic acids is 1. The molecule has 3 amide bonds. The Bertz CT molecular complexity index is 473. The minimum Gasteiger partial charge on any atom is -0.480 e. The molecule has 10 N–H and O–H groups in total. The highest BCUT2D eigenvalue weighted by Crippen LogP contribution is 2.01. The molecule has 0 bridgehead atoms. The number of aliphatic hydroxyl groups is 1. The maximum absolute atomic E-state index is 12.0. The van der Waals surface area contributed by atoms with Crippen molar-refractivity contribution < 1.29 is 29.4 Å². The zero-order valence-corrected chi connectivity index (χ0v) is 13.9. The van der Waals surface area contributed by atoms with Gasteiger partial charge in [-0.2, -0.15) is 0 Å². The molecule has 0 rings (SSSR count). The smallest absolute Gasteiger partial charge is 0.326 e. The van der Waals surface area contributed by atoms with Gasteiger partial charge in [0.15, 0.2) is 0 Å². The van der Waals surface area contributed by atoms with Crippen molar-refractivity contribution in [2.45, 2.75) is 50.2 Å². The normalized spacial score (nSPS) is 14.2. The molecule has 0 aliphatic carbocycles. The number of carboxylic acid groups (broad SMARTS) is 1. The van der Waals surface area contributed by atoms with Crippen LogP contribution in [0, 0.1) is 0 Å². The molecule has 0 aromatic rings. The van der Waals surface area contributed by atoms with Crippen molar-refractivity contribution >= 4 is 23.7 Å². The molecule has 0 saturated heterocycles. The van der Waals surface area contributed by atoms with Gasteiger partial charge in [-0.25, -0.2) is 4.79 Å². The molecule has 0 saturated carbocycles. The molecule has 0 radical (unpaired) electrons. The molecule has 0 aromatic heterocycles. The lowest BCUT2D eigenvalue weighted by Crippen LogP contribution is -2.55. The number of carboxylic acids is 1. The second-order valence-electron chi connectivity index (χ2n) is 5.54. The lowest BCUT2D eigenvalue weighted by atomic mass is 10.1. The SMILES string of the molecule is NCCCCC(N)C(=O)NC(CO)C(=O)NC(CCC(N)=O)C(=O)O. The van der Waals surface area contributed by atoms with Gasteiger partial charge in [0.05, 0.1) is 12.6 Å². The highest BCUT2D eigenvalue weighted by atomic mass is 16.4. The molecule has 0 heterocycles. The number of nitrogens with two attached hydrogens (primary N) is 3. The van der Waals surface area contributed by atoms with Crippen LogP contribution in [0.1, 0.15) is 32.1 Å². The molecule has 0 aromatic carbocycles. The lowest BCUT2D eigenvalue weighted by molar-refractivity contribution is -0.142. The lowest BCUT2D eigenvalue weighted by Gasteiger charge is -2.21. The van der Waals surface area contributed by atoms with E-state index in [9.17, 15) is 24.3 Å². The first-order chi connectivity index (χ1) is 11.7. The summed E-state index contributed by atoms with van der Waals surface area (Å²) in [4.78, 5) is 45.8. The quantitative estimate of drug-likeness (QED) is 0.165. The predicted molar refractivity (Wildman–Crippen MR) is 87.9 cm³/mol. The zero-order valence-electron chi connectivity index (χ0n) is 13.9. The molecule has 11 heteroatoms. The summed E-state index contributed by atoms with van der Waals surface area (Å²) in [5.41, 5.74) is 16.0. The summed E-state index contributed by atoms with van der Waals surface area (Å²) in [5, 5.41) is 22.7. The van der Waals surface area contributed by atoms with E-state index < -0.39 is 48.4 Å². The van der Waals surface area contributed by atoms with Crippen molar-refractivity contribution in [1.82, 2.24) is 10.6 Å². The van der Waals surface area contributed by atoms with E-state index >= 15 is 0 Å². The third-order valence-electron chi connectivity index (χ3n) is 3.42. The molecular weight excluding hydrogens is 334 g/mol. The zero-order chi connectivity index (χ0) is 19.4. The van der Waals surface area contributed by atoms with E-state index in [2.05, 4.69) is 10.6 Å². The van der Waals surface area contributed by atoms with Crippen molar-refractivity contribution in [2.24, 2.45) is 17.2 Å². The Morgan fingerprint density at radius 2 is 1.56 bits per heavy atom. The third-order valence-corrected chi connectivity index (χ3v) is 3.42. The van der Waals surface area contributed by atoms with Crippen LogP contribution >= 0.6 is 0 Å². The van der Waals surface area contributed by atoms with E-state index in [1.165, 1.54) is 0 Å². The first-order valence-corrected chi connectivity index (χ1v) is 7.91. The van der Waals surface area contributed by atoms with Crippen LogP contribution in [0.15, 0.2) is 0 Å². The van der Waals surface area contributed by atoms with Crippen molar-refractivity contribution in [3.63, 3.8) is 0 Å². The molecule has 0 spiro atoms. The number of rotatable bonds is 13. The number of nitrogens with one attached hydrogen (secondary N) is 2. The number of hydrogen-bond donors (Lipinski definition) is 7. The Labute approximate surface area is 145 Å². The number of carbonyl (C=O) groups is 4. The van der Waals surface area contributed by atoms with E-state index in [1.54, 1.807) is 0 Å². The molecule has 144 valence electrons. The van der Waals surface area contributed by atoms with E-state index in [-0.39, 0.29) is 12.8 Å². The molecule has 25 heavy (non-hydrogen) atoms. The number of unbranched alkanes of at least 4 members (excludes halogenated alkanes) is 1. The van der Waals surface area contributed by atoms with Crippen LogP contribution in [0.25, 0.3) is 0 Å². The Morgan fingerprint density at radius 1 is 0.960 bits per heavy atom. The van der Waals surface area contributed by atoms with Crippen LogP contribution < -0.4 is 27.8 Å². The summed E-state index contributed by atoms with van der Waals surface area (Å²) >= 11 is 0. The van der Waals surface area contributed by atoms with Crippen molar-refractivity contribution in [1.29, 1.82) is 0 Å². The maximum Gasteiger partial charge on any atom is 0.326 e. The van der Waals surface area contributed by atoms with E-state index in [0.717, 1.165) is 0 Å². The van der Waals surface area contributed by atoms with Gasteiger partial charge in [-0.1, -0.05) is 6.42 Å². The Kier molecular flexibility index (Phi) is 11.1. The minimum atomic E-state index is -1.37. The van der Waals surface area contributed by atoms with Crippen LogP contribution in [-0.4, -0.2) is 65.2 Å². The van der Waals surface area contributed by atoms with Crippen molar-refractivity contribution in [2.75, 3.05) is 13.2 Å². The monoisotopic (exact) mass is 361 g/mol. The van der Waals surface area contributed by atoms with Gasteiger partial charge in [0.2, 0.25) is 17.7 Å². The van der Waals surface area contributed by atoms with Crippen LogP contribution in [-0.2, 0) is 19.2 Å². The van der Waals surface area contributed by atoms with Crippen LogP contribution in [0.5, 0.6) is 0 Å². The average molecular weight is 361 g/mol. The van der Waals surface area contributed by atoms with Gasteiger partial charge in [-0.15, -0.1) is 0 Å². The highest BCUT2D eigenvalue weighted by molar-refractivity contribution is 5.92. The van der Waals surface area contributed by atoms with Crippen LogP contribution in [0.2, 0.25) is 0 Å². The highest BCUT2D eigenvalue weighted by Gasteiger charge is 2.27. The fourth-order valence-corrected chi connectivity index (χ4v) is 1.93. The topological polar surface area (TPSA) is 211 Å². The number of primary amides is 1. The predicted octanol–water partition coefficient (Wildman–Crippen LogP) is -3.25. The number of hydrogen-bond acceptors (Lipinski definition) is 7. The Morgan fingerprint density at radius 3 is 2.04 bits per heavy atom. The van der Waals surface area contributed by atoms with E-state index in [0.29, 0.717) is 25.8 Å². The summed E-state index contributed by atoms with van der Waals surface area (Å²) in [5.74, 6) is -3.62. The molecule has 0 fully saturated rings. The number of carbonyl (C=O) groups excluding carboxylic acids is 3. The van der Waals surface area contributed by atoms with Gasteiger partial charge in [0, 0.05) is 6.42 Å². The summed E-state index contributed by atoms with van der Waals surface area (Å²) in [6.07, 6.45) is 1.25. The van der Waals surface area contributed by atoms with E-state index in [1.807, 2.05) is 0 Å². The van der Waals surface area contributed by atoms with Gasteiger partial charge < -0.3 is 38.0 Å². The molecule has 0 aliphatic heterocycles. The standard InChI is InChI=1S/C14H27N5O6/c15-6-2-1-3-8(16)12(22)19-10(7-20)13(23)18-9(14(24)25)4-5-11(17)21/h8-10,20H,1-7,15-16H2,(H2,17,21)(H,18,23)(H,19,22)(H,24,25). The summed E-state index contributed by atoms with van der Waals surface area (Å²) in [6.45, 7) is -0.271. The van der Waals surface area contributed by atoms with Gasteiger partial charge in [-0.05, 0) is 25.8 Å². The molecule has 0 aliphatic rings. The Hall–Kier alpha value is -2.24. The Balaban J connectivity index is 4.63. The summed E-state index contributed by atoms with van der Waals surface area (Å²) in [6, 6.07) is -3.61. The van der Waals surface area contributed by atoms with Crippen molar-refractivity contribution in [3.05, 3.63) is 0 Å². The molecular formula is C14H27N5O6. The molecule has 3 unspecified atom stereocenters. The summed E-state index contributed by atoms with van der Waals surface area (Å²) in [7, 11) is 0. The van der Waals surface area contributed by atoms with Gasteiger partial charge in [-0.3, -0.25) is 14.4 Å².